The molecule has 6 nitrogen and oxygen atoms in total. The van der Waals surface area contributed by atoms with Crippen molar-refractivity contribution in [2.75, 3.05) is 10.6 Å². The maximum Gasteiger partial charge on any atom is 0.335 e. The van der Waals surface area contributed by atoms with Crippen molar-refractivity contribution in [1.82, 2.24) is 10.6 Å². The molecule has 0 fully saturated rings. The van der Waals surface area contributed by atoms with E-state index >= 15 is 0 Å². The molecule has 0 spiro atoms. The number of carboxylic acid groups (broad SMARTS) is 1. The SMILES string of the molecule is O=C(O)c1cc(NC(=S)NCc2ccccc2)cc(NC(=S)NCc2ccccc2)c1. The Kier molecular flexibility index (Phi) is 7.91. The Balaban J connectivity index is 1.62. The van der Waals surface area contributed by atoms with Gasteiger partial charge in [-0.3, -0.25) is 0 Å². The molecule has 3 aromatic rings. The average molecular weight is 451 g/mol. The second-order valence-corrected chi connectivity index (χ2v) is 7.51. The molecule has 0 unspecified atom stereocenters. The van der Waals surface area contributed by atoms with Gasteiger partial charge in [-0.1, -0.05) is 60.7 Å². The van der Waals surface area contributed by atoms with Gasteiger partial charge < -0.3 is 26.4 Å². The van der Waals surface area contributed by atoms with Crippen LogP contribution < -0.4 is 21.3 Å². The summed E-state index contributed by atoms with van der Waals surface area (Å²) in [5.41, 5.74) is 3.37. The maximum absolute atomic E-state index is 11.5. The smallest absolute Gasteiger partial charge is 0.335 e. The minimum Gasteiger partial charge on any atom is -0.478 e. The lowest BCUT2D eigenvalue weighted by molar-refractivity contribution is 0.0697. The number of carboxylic acids is 1. The first-order chi connectivity index (χ1) is 15.0. The highest BCUT2D eigenvalue weighted by atomic mass is 32.1. The molecule has 0 atom stereocenters. The van der Waals surface area contributed by atoms with Gasteiger partial charge in [0, 0.05) is 24.5 Å². The number of hydrogen-bond acceptors (Lipinski definition) is 3. The zero-order valence-electron chi connectivity index (χ0n) is 16.6. The van der Waals surface area contributed by atoms with Gasteiger partial charge in [0.15, 0.2) is 10.2 Å². The van der Waals surface area contributed by atoms with Crippen LogP contribution in [-0.4, -0.2) is 21.3 Å². The Morgan fingerprint density at radius 3 is 1.52 bits per heavy atom. The van der Waals surface area contributed by atoms with Crippen LogP contribution in [0.1, 0.15) is 21.5 Å². The number of carbonyl (C=O) groups is 1. The topological polar surface area (TPSA) is 85.4 Å². The summed E-state index contributed by atoms with van der Waals surface area (Å²) in [5.74, 6) is -1.04. The molecule has 0 aromatic heterocycles. The van der Waals surface area contributed by atoms with E-state index in [1.165, 1.54) is 12.1 Å². The van der Waals surface area contributed by atoms with E-state index < -0.39 is 5.97 Å². The van der Waals surface area contributed by atoms with Gasteiger partial charge in [0.25, 0.3) is 0 Å². The molecule has 3 rings (SSSR count). The van der Waals surface area contributed by atoms with Gasteiger partial charge in [-0.15, -0.1) is 0 Å². The predicted octanol–water partition coefficient (Wildman–Crippen LogP) is 4.36. The summed E-state index contributed by atoms with van der Waals surface area (Å²) in [4.78, 5) is 11.5. The molecule has 3 aromatic carbocycles. The van der Waals surface area contributed by atoms with Crippen LogP contribution in [0.2, 0.25) is 0 Å². The van der Waals surface area contributed by atoms with E-state index in [1.54, 1.807) is 6.07 Å². The standard InChI is InChI=1S/C23H22N4O2S2/c28-21(29)18-11-19(26-22(30)24-14-16-7-3-1-4-8-16)13-20(12-18)27-23(31)25-15-17-9-5-2-6-10-17/h1-13H,14-15H2,(H,28,29)(H2,24,26,30)(H2,25,27,31). The summed E-state index contributed by atoms with van der Waals surface area (Å²) in [5, 5.41) is 22.5. The van der Waals surface area contributed by atoms with Crippen molar-refractivity contribution in [2.24, 2.45) is 0 Å². The fourth-order valence-electron chi connectivity index (χ4n) is 2.80. The molecule has 0 radical (unpaired) electrons. The third-order valence-corrected chi connectivity index (χ3v) is 4.78. The highest BCUT2D eigenvalue weighted by Crippen LogP contribution is 2.19. The van der Waals surface area contributed by atoms with Crippen LogP contribution in [0.3, 0.4) is 0 Å². The minimum atomic E-state index is -1.04. The number of thiocarbonyl (C=S) groups is 2. The van der Waals surface area contributed by atoms with E-state index in [-0.39, 0.29) is 5.56 Å². The number of anilines is 2. The van der Waals surface area contributed by atoms with E-state index in [1.807, 2.05) is 60.7 Å². The average Bonchev–Trinajstić information content (AvgIpc) is 2.77. The lowest BCUT2D eigenvalue weighted by Crippen LogP contribution is -2.29. The van der Waals surface area contributed by atoms with Crippen molar-refractivity contribution in [3.8, 4) is 0 Å². The van der Waals surface area contributed by atoms with Gasteiger partial charge in [0.1, 0.15) is 0 Å². The van der Waals surface area contributed by atoms with Crippen molar-refractivity contribution in [1.29, 1.82) is 0 Å². The monoisotopic (exact) mass is 450 g/mol. The quantitative estimate of drug-likeness (QED) is 0.340. The Labute approximate surface area is 191 Å². The molecule has 0 aliphatic carbocycles. The number of aromatic carboxylic acids is 1. The summed E-state index contributed by atoms with van der Waals surface area (Å²) in [6.07, 6.45) is 0. The van der Waals surface area contributed by atoms with Gasteiger partial charge in [-0.2, -0.15) is 0 Å². The summed E-state index contributed by atoms with van der Waals surface area (Å²) < 4.78 is 0. The summed E-state index contributed by atoms with van der Waals surface area (Å²) in [7, 11) is 0. The van der Waals surface area contributed by atoms with Crippen LogP contribution in [0, 0.1) is 0 Å². The Morgan fingerprint density at radius 2 is 1.13 bits per heavy atom. The predicted molar refractivity (Wildman–Crippen MR) is 132 cm³/mol. The van der Waals surface area contributed by atoms with Crippen molar-refractivity contribution in [3.63, 3.8) is 0 Å². The molecule has 0 saturated heterocycles. The maximum atomic E-state index is 11.5. The number of benzene rings is 3. The van der Waals surface area contributed by atoms with Crippen LogP contribution in [0.4, 0.5) is 11.4 Å². The molecule has 0 amide bonds. The molecular formula is C23H22N4O2S2. The van der Waals surface area contributed by atoms with E-state index in [0.717, 1.165) is 11.1 Å². The van der Waals surface area contributed by atoms with Crippen LogP contribution in [0.5, 0.6) is 0 Å². The van der Waals surface area contributed by atoms with Crippen molar-refractivity contribution in [3.05, 3.63) is 95.6 Å². The second kappa shape index (κ2) is 11.1. The van der Waals surface area contributed by atoms with Crippen molar-refractivity contribution < 1.29 is 9.90 Å². The lowest BCUT2D eigenvalue weighted by Gasteiger charge is -2.15. The first-order valence-electron chi connectivity index (χ1n) is 9.55. The molecule has 31 heavy (non-hydrogen) atoms. The number of rotatable bonds is 7. The van der Waals surface area contributed by atoms with Gasteiger partial charge in [-0.25, -0.2) is 4.79 Å². The largest absolute Gasteiger partial charge is 0.478 e. The molecule has 5 N–H and O–H groups in total. The van der Waals surface area contributed by atoms with Crippen molar-refractivity contribution in [2.45, 2.75) is 13.1 Å². The number of hydrogen-bond donors (Lipinski definition) is 5. The zero-order valence-corrected chi connectivity index (χ0v) is 18.2. The van der Waals surface area contributed by atoms with Crippen LogP contribution in [0.25, 0.3) is 0 Å². The highest BCUT2D eigenvalue weighted by molar-refractivity contribution is 7.80. The number of nitrogens with one attached hydrogen (secondary N) is 4. The van der Waals surface area contributed by atoms with E-state index in [0.29, 0.717) is 34.7 Å². The van der Waals surface area contributed by atoms with Crippen LogP contribution in [0.15, 0.2) is 78.9 Å². The van der Waals surface area contributed by atoms with E-state index in [9.17, 15) is 9.90 Å². The molecule has 158 valence electrons. The van der Waals surface area contributed by atoms with Gasteiger partial charge in [0.05, 0.1) is 5.56 Å². The first-order valence-corrected chi connectivity index (χ1v) is 10.4. The molecule has 8 heteroatoms. The van der Waals surface area contributed by atoms with Gasteiger partial charge in [-0.05, 0) is 53.8 Å². The Bertz CT molecular complexity index is 984. The lowest BCUT2D eigenvalue weighted by atomic mass is 10.1. The molecule has 0 aliphatic rings. The molecule has 0 aliphatic heterocycles. The summed E-state index contributed by atoms with van der Waals surface area (Å²) in [6, 6.07) is 24.5. The molecule has 0 heterocycles. The third kappa shape index (κ3) is 7.36. The minimum absolute atomic E-state index is 0.115. The van der Waals surface area contributed by atoms with Gasteiger partial charge in [0.2, 0.25) is 0 Å². The van der Waals surface area contributed by atoms with E-state index in [4.69, 9.17) is 24.4 Å². The highest BCUT2D eigenvalue weighted by Gasteiger charge is 2.09. The summed E-state index contributed by atoms with van der Waals surface area (Å²) in [6.45, 7) is 1.12. The Morgan fingerprint density at radius 1 is 0.710 bits per heavy atom. The first kappa shape index (κ1) is 22.2. The molecule has 0 saturated carbocycles. The summed E-state index contributed by atoms with van der Waals surface area (Å²) >= 11 is 10.7. The fourth-order valence-corrected chi connectivity index (χ4v) is 3.18. The van der Waals surface area contributed by atoms with Gasteiger partial charge >= 0.3 is 5.97 Å². The molecule has 0 bridgehead atoms. The Hall–Kier alpha value is -3.49. The molecular weight excluding hydrogens is 428 g/mol. The van der Waals surface area contributed by atoms with E-state index in [2.05, 4.69) is 21.3 Å². The normalized spacial score (nSPS) is 10.1. The zero-order chi connectivity index (χ0) is 22.1. The van der Waals surface area contributed by atoms with Crippen LogP contribution >= 0.6 is 24.4 Å². The third-order valence-electron chi connectivity index (χ3n) is 4.29. The van der Waals surface area contributed by atoms with Crippen molar-refractivity contribution >= 4 is 52.0 Å². The fraction of sp³-hybridized carbons (Fsp3) is 0.0870. The van der Waals surface area contributed by atoms with Crippen LogP contribution in [-0.2, 0) is 13.1 Å². The second-order valence-electron chi connectivity index (χ2n) is 6.69.